The van der Waals surface area contributed by atoms with Crippen molar-refractivity contribution < 1.29 is 14.6 Å². The van der Waals surface area contributed by atoms with Gasteiger partial charge in [-0.05, 0) is 97.2 Å². The highest BCUT2D eigenvalue weighted by molar-refractivity contribution is 6.09. The number of hydrogen-bond donors (Lipinski definition) is 2. The van der Waals surface area contributed by atoms with Crippen LogP contribution in [0.5, 0.6) is 5.75 Å². The number of rotatable bonds is 5. The highest BCUT2D eigenvalue weighted by atomic mass is 16.5. The number of anilines is 1. The first kappa shape index (κ1) is 20.8. The van der Waals surface area contributed by atoms with Gasteiger partial charge in [-0.15, -0.1) is 0 Å². The van der Waals surface area contributed by atoms with Gasteiger partial charge >= 0.3 is 0 Å². The lowest BCUT2D eigenvalue weighted by Crippen LogP contribution is -2.57. The predicted octanol–water partition coefficient (Wildman–Crippen LogP) is 4.82. The fourth-order valence-corrected chi connectivity index (χ4v) is 6.67. The third-order valence-electron chi connectivity index (χ3n) is 7.58. The Morgan fingerprint density at radius 2 is 1.75 bits per heavy atom. The zero-order chi connectivity index (χ0) is 22.3. The van der Waals surface area contributed by atoms with E-state index in [1.54, 1.807) is 37.5 Å². The van der Waals surface area contributed by atoms with Crippen LogP contribution in [0.3, 0.4) is 0 Å². The molecule has 0 aliphatic heterocycles. The molecule has 6 rings (SSSR count). The van der Waals surface area contributed by atoms with Crippen LogP contribution in [-0.2, 0) is 10.2 Å². The van der Waals surface area contributed by atoms with Gasteiger partial charge in [0.1, 0.15) is 17.4 Å². The van der Waals surface area contributed by atoms with Gasteiger partial charge in [-0.3, -0.25) is 4.79 Å². The maximum Gasteiger partial charge on any atom is 0.266 e. The molecule has 2 N–H and O–H groups in total. The minimum absolute atomic E-state index is 0.0440. The Balaban J connectivity index is 1.31. The first-order valence-corrected chi connectivity index (χ1v) is 11.3. The highest BCUT2D eigenvalue weighted by Crippen LogP contribution is 2.62. The van der Waals surface area contributed by atoms with Gasteiger partial charge in [0.05, 0.1) is 12.7 Å². The smallest absolute Gasteiger partial charge is 0.266 e. The lowest BCUT2D eigenvalue weighted by atomic mass is 9.46. The molecule has 5 heteroatoms. The summed E-state index contributed by atoms with van der Waals surface area (Å²) in [5.41, 5.74) is 2.30. The second-order valence-corrected chi connectivity index (χ2v) is 9.94. The fraction of sp³-hybridized carbons (Fsp3) is 0.407. The number of hydrogen-bond acceptors (Lipinski definition) is 4. The Morgan fingerprint density at radius 3 is 2.31 bits per heavy atom. The molecule has 0 radical (unpaired) electrons. The Hall–Kier alpha value is -3.10. The van der Waals surface area contributed by atoms with E-state index in [9.17, 15) is 15.2 Å². The van der Waals surface area contributed by atoms with Crippen molar-refractivity contribution in [2.24, 2.45) is 11.8 Å². The number of carbonyl (C=O) groups is 1. The van der Waals surface area contributed by atoms with E-state index in [2.05, 4.69) is 17.4 Å². The number of methoxy groups -OCH3 is 1. The first-order chi connectivity index (χ1) is 15.4. The number of aliphatic hydroxyl groups is 1. The van der Waals surface area contributed by atoms with Gasteiger partial charge in [-0.25, -0.2) is 0 Å². The number of ether oxygens (including phenoxy) is 1. The standard InChI is InChI=1S/C27H28N2O3/c1-32-24-8-2-18(3-9-24)11-21(16-28)25(30)29-23-6-4-22(5-7-23)26-12-19-10-20(13-26)15-27(31,14-19)17-26/h2-9,11,19-20,31H,10,12-15,17H2,1H3,(H,29,30). The van der Waals surface area contributed by atoms with Crippen LogP contribution in [0.2, 0.25) is 0 Å². The van der Waals surface area contributed by atoms with Gasteiger partial charge in [0.25, 0.3) is 5.91 Å². The Bertz CT molecular complexity index is 1080. The number of nitriles is 1. The molecule has 4 saturated carbocycles. The predicted molar refractivity (Wildman–Crippen MR) is 123 cm³/mol. The van der Waals surface area contributed by atoms with Crippen molar-refractivity contribution in [2.75, 3.05) is 12.4 Å². The number of benzene rings is 2. The quantitative estimate of drug-likeness (QED) is 0.528. The van der Waals surface area contributed by atoms with E-state index in [0.717, 1.165) is 43.4 Å². The van der Waals surface area contributed by atoms with Crippen molar-refractivity contribution in [3.05, 3.63) is 65.2 Å². The highest BCUT2D eigenvalue weighted by Gasteiger charge is 2.57. The topological polar surface area (TPSA) is 82.3 Å². The monoisotopic (exact) mass is 428 g/mol. The molecule has 2 aromatic rings. The van der Waals surface area contributed by atoms with Crippen LogP contribution in [0, 0.1) is 23.2 Å². The summed E-state index contributed by atoms with van der Waals surface area (Å²) in [6, 6.07) is 17.2. The third-order valence-corrected chi connectivity index (χ3v) is 7.58. The second kappa shape index (κ2) is 7.79. The molecule has 4 aliphatic carbocycles. The molecule has 1 amide bonds. The number of carbonyl (C=O) groups excluding carboxylic acids is 1. The number of nitrogens with one attached hydrogen (secondary N) is 1. The molecule has 164 valence electrons. The number of amides is 1. The van der Waals surface area contributed by atoms with E-state index in [1.807, 2.05) is 18.2 Å². The van der Waals surface area contributed by atoms with E-state index in [4.69, 9.17) is 4.74 Å². The van der Waals surface area contributed by atoms with Crippen molar-refractivity contribution in [1.29, 1.82) is 5.26 Å². The largest absolute Gasteiger partial charge is 0.497 e. The van der Waals surface area contributed by atoms with E-state index in [0.29, 0.717) is 17.5 Å². The second-order valence-electron chi connectivity index (χ2n) is 9.94. The van der Waals surface area contributed by atoms with Gasteiger partial charge < -0.3 is 15.2 Å². The molecule has 0 heterocycles. The van der Waals surface area contributed by atoms with E-state index in [1.165, 1.54) is 12.0 Å². The molecule has 0 saturated heterocycles. The maximum absolute atomic E-state index is 12.7. The van der Waals surface area contributed by atoms with Crippen LogP contribution in [-0.4, -0.2) is 23.7 Å². The molecule has 2 aromatic carbocycles. The Labute approximate surface area is 188 Å². The molecule has 5 nitrogen and oxygen atoms in total. The summed E-state index contributed by atoms with van der Waals surface area (Å²) in [7, 11) is 1.59. The van der Waals surface area contributed by atoms with Crippen LogP contribution in [0.4, 0.5) is 5.69 Å². The van der Waals surface area contributed by atoms with Gasteiger partial charge in [-0.1, -0.05) is 24.3 Å². The molecular weight excluding hydrogens is 400 g/mol. The van der Waals surface area contributed by atoms with Gasteiger partial charge in [0.2, 0.25) is 0 Å². The summed E-state index contributed by atoms with van der Waals surface area (Å²) in [6.45, 7) is 0. The normalized spacial score (nSPS) is 30.6. The molecule has 2 atom stereocenters. The van der Waals surface area contributed by atoms with Gasteiger partial charge in [-0.2, -0.15) is 5.26 Å². The van der Waals surface area contributed by atoms with Gasteiger partial charge in [0, 0.05) is 5.69 Å². The van der Waals surface area contributed by atoms with Crippen LogP contribution in [0.15, 0.2) is 54.1 Å². The molecule has 0 spiro atoms. The average molecular weight is 429 g/mol. The third kappa shape index (κ3) is 3.80. The summed E-state index contributed by atoms with van der Waals surface area (Å²) in [6.07, 6.45) is 7.89. The zero-order valence-corrected chi connectivity index (χ0v) is 18.3. The molecule has 4 fully saturated rings. The van der Waals surface area contributed by atoms with Crippen LogP contribution in [0.25, 0.3) is 6.08 Å². The number of nitrogens with zero attached hydrogens (tertiary/aromatic N) is 1. The molecule has 2 unspecified atom stereocenters. The van der Waals surface area contributed by atoms with Crippen molar-refractivity contribution in [3.8, 4) is 11.8 Å². The van der Waals surface area contributed by atoms with E-state index >= 15 is 0 Å². The van der Waals surface area contributed by atoms with Crippen LogP contribution < -0.4 is 10.1 Å². The van der Waals surface area contributed by atoms with Gasteiger partial charge in [0.15, 0.2) is 0 Å². The Kier molecular flexibility index (Phi) is 5.06. The first-order valence-electron chi connectivity index (χ1n) is 11.3. The SMILES string of the molecule is COc1ccc(C=C(C#N)C(=O)Nc2ccc(C34CC5CC(CC(O)(C5)C3)C4)cc2)cc1. The fourth-order valence-electron chi connectivity index (χ4n) is 6.67. The lowest BCUT2D eigenvalue weighted by Gasteiger charge is -2.60. The van der Waals surface area contributed by atoms with Crippen molar-refractivity contribution in [2.45, 2.75) is 49.5 Å². The Morgan fingerprint density at radius 1 is 1.09 bits per heavy atom. The van der Waals surface area contributed by atoms with E-state index in [-0.39, 0.29) is 11.0 Å². The summed E-state index contributed by atoms with van der Waals surface area (Å²) >= 11 is 0. The lowest BCUT2D eigenvalue weighted by molar-refractivity contribution is -0.137. The summed E-state index contributed by atoms with van der Waals surface area (Å²) < 4.78 is 5.14. The van der Waals surface area contributed by atoms with Crippen molar-refractivity contribution in [1.82, 2.24) is 0 Å². The van der Waals surface area contributed by atoms with E-state index < -0.39 is 11.5 Å². The van der Waals surface area contributed by atoms with Crippen LogP contribution in [0.1, 0.15) is 49.7 Å². The molecule has 4 aliphatic rings. The molecule has 0 aromatic heterocycles. The summed E-state index contributed by atoms with van der Waals surface area (Å²) in [5.74, 6) is 1.54. The van der Waals surface area contributed by atoms with Crippen molar-refractivity contribution in [3.63, 3.8) is 0 Å². The summed E-state index contributed by atoms with van der Waals surface area (Å²) in [5, 5.41) is 23.4. The molecule has 4 bridgehead atoms. The summed E-state index contributed by atoms with van der Waals surface area (Å²) in [4.78, 5) is 12.7. The molecule has 32 heavy (non-hydrogen) atoms. The maximum atomic E-state index is 12.7. The zero-order valence-electron chi connectivity index (χ0n) is 18.3. The average Bonchev–Trinajstić information content (AvgIpc) is 2.76. The van der Waals surface area contributed by atoms with Crippen LogP contribution >= 0.6 is 0 Å². The minimum Gasteiger partial charge on any atom is -0.497 e. The minimum atomic E-state index is -0.495. The van der Waals surface area contributed by atoms with Crippen molar-refractivity contribution >= 4 is 17.7 Å². The molecular formula is C27H28N2O3.